The van der Waals surface area contributed by atoms with E-state index in [9.17, 15) is 15.3 Å². The van der Waals surface area contributed by atoms with Crippen LogP contribution < -0.4 is 40.6 Å². The minimum absolute atomic E-state index is 0.135. The maximum atomic E-state index is 10.1. The van der Waals surface area contributed by atoms with E-state index in [1.807, 2.05) is 124 Å². The van der Waals surface area contributed by atoms with Crippen molar-refractivity contribution in [2.75, 3.05) is 80.0 Å². The molecule has 1 aliphatic heterocycles. The third-order valence-electron chi connectivity index (χ3n) is 17.7. The Morgan fingerprint density at radius 2 is 0.949 bits per heavy atom. The van der Waals surface area contributed by atoms with Gasteiger partial charge in [-0.2, -0.15) is 0 Å². The molecule has 0 bridgehead atoms. The van der Waals surface area contributed by atoms with Crippen molar-refractivity contribution < 1.29 is 47.8 Å². The van der Waals surface area contributed by atoms with Gasteiger partial charge in [-0.3, -0.25) is 4.99 Å². The minimum atomic E-state index is -0.641. The lowest BCUT2D eigenvalue weighted by molar-refractivity contribution is 0.108. The monoisotopic (exact) mass is 1350 g/mol. The van der Waals surface area contributed by atoms with E-state index in [-0.39, 0.29) is 19.8 Å². The number of likely N-dealkylation sites (N-methyl/N-ethyl adjacent to an activating group) is 3. The molecule has 0 radical (unpaired) electrons. The molecule has 7 heterocycles. The third kappa shape index (κ3) is 18.3. The molecule has 1 aliphatic carbocycles. The fourth-order valence-corrected chi connectivity index (χ4v) is 12.4. The molecule has 0 amide bonds. The van der Waals surface area contributed by atoms with Crippen LogP contribution in [0.25, 0.3) is 73.5 Å². The molecule has 3 atom stereocenters. The van der Waals surface area contributed by atoms with Crippen LogP contribution in [0.3, 0.4) is 0 Å². The second kappa shape index (κ2) is 34.0. The lowest BCUT2D eigenvalue weighted by Crippen LogP contribution is -2.29. The van der Waals surface area contributed by atoms with E-state index < -0.39 is 18.3 Å². The van der Waals surface area contributed by atoms with E-state index in [2.05, 4.69) is 55.2 Å². The number of anilines is 1. The summed E-state index contributed by atoms with van der Waals surface area (Å²) >= 11 is 0. The Labute approximate surface area is 579 Å². The zero-order chi connectivity index (χ0) is 71.2. The molecule has 24 nitrogen and oxygen atoms in total. The van der Waals surface area contributed by atoms with Gasteiger partial charge in [0.15, 0.2) is 17.5 Å². The number of nitrogens with zero attached hydrogens (tertiary/aromatic N) is 10. The Kier molecular flexibility index (Phi) is 25.4. The number of aryl methyl sites for hydroxylation is 7. The number of aliphatic hydroxyl groups excluding tert-OH is 3. The first-order chi connectivity index (χ1) is 47.5. The van der Waals surface area contributed by atoms with Crippen LogP contribution in [0.4, 0.5) is 5.69 Å². The van der Waals surface area contributed by atoms with Gasteiger partial charge in [0.2, 0.25) is 0 Å². The highest BCUT2D eigenvalue weighted by molar-refractivity contribution is 6.25. The predicted octanol–water partition coefficient (Wildman–Crippen LogP) is 11.3. The van der Waals surface area contributed by atoms with E-state index >= 15 is 0 Å². The van der Waals surface area contributed by atoms with Crippen molar-refractivity contribution in [3.63, 3.8) is 0 Å². The summed E-state index contributed by atoms with van der Waals surface area (Å²) in [6.07, 6.45) is 5.48. The van der Waals surface area contributed by atoms with Crippen LogP contribution in [-0.4, -0.2) is 159 Å². The van der Waals surface area contributed by atoms with Gasteiger partial charge in [0.25, 0.3) is 0 Å². The molecule has 3 aromatic carbocycles. The predicted molar refractivity (Wildman–Crippen MR) is 384 cm³/mol. The normalized spacial score (nSPS) is 14.1. The number of nitrogen functional groups attached to an aromatic ring is 1. The maximum absolute atomic E-state index is 10.1. The lowest BCUT2D eigenvalue weighted by Gasteiger charge is -2.23. The molecule has 99 heavy (non-hydrogen) atoms. The molecule has 526 valence electrons. The van der Waals surface area contributed by atoms with Crippen LogP contribution in [0.5, 0.6) is 23.0 Å². The maximum Gasteiger partial charge on any atom is 0.160 e. The molecule has 2 aliphatic rings. The van der Waals surface area contributed by atoms with Gasteiger partial charge in [-0.1, -0.05) is 59.7 Å². The van der Waals surface area contributed by atoms with Crippen LogP contribution in [0.15, 0.2) is 84.8 Å². The molecular formula is C75H96N14O10. The molecular weight excluding hydrogens is 1260 g/mol. The van der Waals surface area contributed by atoms with Gasteiger partial charge >= 0.3 is 0 Å². The van der Waals surface area contributed by atoms with Gasteiger partial charge in [0.05, 0.1) is 70.2 Å². The third-order valence-corrected chi connectivity index (χ3v) is 17.7. The number of aliphatic imine (C=N–C) groups is 1. The molecule has 6 aromatic heterocycles. The number of nitrogens with one attached hydrogen (secondary N) is 3. The van der Waals surface area contributed by atoms with E-state index in [1.54, 1.807) is 34.3 Å². The molecule has 3 unspecified atom stereocenters. The molecule has 9 aromatic rings. The molecule has 0 spiro atoms. The first-order valence-corrected chi connectivity index (χ1v) is 33.7. The summed E-state index contributed by atoms with van der Waals surface area (Å²) in [7, 11) is 6.98. The van der Waals surface area contributed by atoms with Gasteiger partial charge in [-0.15, -0.1) is 0 Å². The average Bonchev–Trinajstić information content (AvgIpc) is 1.77. The Bertz CT molecular complexity index is 4260. The summed E-state index contributed by atoms with van der Waals surface area (Å²) in [6.45, 7) is 26.1. The van der Waals surface area contributed by atoms with E-state index in [0.29, 0.717) is 89.6 Å². The zero-order valence-corrected chi connectivity index (χ0v) is 60.0. The van der Waals surface area contributed by atoms with Crippen LogP contribution in [-0.2, 0) is 6.42 Å². The Balaban J connectivity index is 0.000000175. The van der Waals surface area contributed by atoms with Crippen molar-refractivity contribution >= 4 is 17.0 Å². The van der Waals surface area contributed by atoms with Crippen molar-refractivity contribution in [2.24, 2.45) is 10.9 Å². The van der Waals surface area contributed by atoms with Crippen LogP contribution in [0.2, 0.25) is 0 Å². The van der Waals surface area contributed by atoms with Gasteiger partial charge < -0.3 is 69.5 Å². The standard InChI is InChI=1S/C28H38N4O4.C26H32N6O3.C21H26N4O3/c1-17-25(11-20-9-7-6-8-10-20)30-28(31-27(17)26-18(2)32-36-19(26)3)21-12-23(34-5)14-24(13-21)35-16-22(33)15-29-4;1-13-10-29-15(3)22(13)24-14(2)25(23-16(4)32-35-17(23)5)31-26(30-24)18-7-19(27)9-21(8-18)34-12-20(33)11-28-6;1-12-13(2)23-21(24-20(12)19-14(3)25-28-15(19)4)16-7-6-8-18(9-16)27-11-17(26)10-22-5/h12-14,20,22,29,33H,6-11,15-16H2,1-5H3;7-9,20,28,33H,10-12,27H2,1-6H3;6-9,17,22,26H,10-11H2,1-5H3. The molecule has 1 fully saturated rings. The highest BCUT2D eigenvalue weighted by Crippen LogP contribution is 2.40. The number of benzene rings is 3. The Morgan fingerprint density at radius 1 is 0.495 bits per heavy atom. The van der Waals surface area contributed by atoms with Crippen LogP contribution in [0, 0.1) is 75.2 Å². The van der Waals surface area contributed by atoms with E-state index in [4.69, 9.17) is 63.2 Å². The van der Waals surface area contributed by atoms with Gasteiger partial charge in [-0.05, 0) is 170 Å². The first kappa shape index (κ1) is 73.9. The number of ether oxygens (including phenoxy) is 4. The summed E-state index contributed by atoms with van der Waals surface area (Å²) in [4.78, 5) is 34.1. The second-order valence-electron chi connectivity index (χ2n) is 25.6. The zero-order valence-electron chi connectivity index (χ0n) is 60.0. The molecule has 8 N–H and O–H groups in total. The summed E-state index contributed by atoms with van der Waals surface area (Å²) in [5.41, 5.74) is 25.6. The van der Waals surface area contributed by atoms with Crippen LogP contribution in [0.1, 0.15) is 114 Å². The number of hydrogen-bond acceptors (Lipinski definition) is 24. The van der Waals surface area contributed by atoms with Crippen molar-refractivity contribution in [1.29, 1.82) is 0 Å². The summed E-state index contributed by atoms with van der Waals surface area (Å²) in [5.74, 6) is 6.97. The molecule has 1 saturated carbocycles. The van der Waals surface area contributed by atoms with Gasteiger partial charge in [0.1, 0.15) is 78.4 Å². The van der Waals surface area contributed by atoms with Crippen molar-refractivity contribution in [1.82, 2.24) is 61.3 Å². The largest absolute Gasteiger partial charge is 0.497 e. The van der Waals surface area contributed by atoms with Gasteiger partial charge in [-0.25, -0.2) is 29.9 Å². The number of methoxy groups -OCH3 is 1. The fraction of sp³-hybridized carbons (Fsp3) is 0.440. The number of aliphatic hydroxyl groups is 3. The highest BCUT2D eigenvalue weighted by atomic mass is 16.5. The highest BCUT2D eigenvalue weighted by Gasteiger charge is 2.28. The molecule has 24 heteroatoms. The summed E-state index contributed by atoms with van der Waals surface area (Å²) in [5, 5.41) is 51.1. The van der Waals surface area contributed by atoms with Crippen molar-refractivity contribution in [3.8, 4) is 90.9 Å². The summed E-state index contributed by atoms with van der Waals surface area (Å²) < 4.78 is 39.2. The number of hydrogen-bond donors (Lipinski definition) is 7. The Hall–Kier alpha value is -9.30. The number of rotatable bonds is 25. The average molecular weight is 1350 g/mol. The smallest absolute Gasteiger partial charge is 0.160 e. The quantitative estimate of drug-likeness (QED) is 0.0261. The topological polar surface area (TPSA) is 328 Å². The number of aromatic nitrogens is 9. The van der Waals surface area contributed by atoms with Gasteiger partial charge in [0, 0.05) is 82.4 Å². The van der Waals surface area contributed by atoms with Crippen molar-refractivity contribution in [2.45, 2.75) is 140 Å². The lowest BCUT2D eigenvalue weighted by atomic mass is 9.85. The SMILES string of the molecule is CNCC(O)COc1cc(N)cc(-c2nc(C3=C(C)CN=C3C)c(C)c(-c3c(C)noc3C)n2)c1.CNCC(O)COc1cc(OC)cc(-c2nc(CC3CCCCC3)c(C)c(-c3c(C)noc3C)n2)c1.CNCC(O)COc1cccc(-c2nc(C)c(C)c(-c3c(C)noc3C)n2)c1. The van der Waals surface area contributed by atoms with Crippen molar-refractivity contribution in [3.05, 3.63) is 134 Å². The van der Waals surface area contributed by atoms with E-state index in [1.165, 1.54) is 32.1 Å². The summed E-state index contributed by atoms with van der Waals surface area (Å²) in [6, 6.07) is 18.6. The first-order valence-electron chi connectivity index (χ1n) is 33.7. The Morgan fingerprint density at radius 3 is 1.44 bits per heavy atom. The van der Waals surface area contributed by atoms with E-state index in [0.717, 1.165) is 131 Å². The molecule has 11 rings (SSSR count). The second-order valence-corrected chi connectivity index (χ2v) is 25.6. The fourth-order valence-electron chi connectivity index (χ4n) is 12.4. The number of allylic oxidation sites excluding steroid dienone is 1. The molecule has 0 saturated heterocycles. The number of nitrogens with two attached hydrogens (primary N) is 1. The minimum Gasteiger partial charge on any atom is -0.497 e. The van der Waals surface area contributed by atoms with Crippen LogP contribution >= 0.6 is 0 Å².